The molecule has 3 rings (SSSR count). The number of hydrogen-bond acceptors (Lipinski definition) is 4. The van der Waals surface area contributed by atoms with Crippen molar-refractivity contribution < 1.29 is 9.53 Å². The molecule has 2 aromatic carbocycles. The first kappa shape index (κ1) is 19.4. The Morgan fingerprint density at radius 3 is 2.43 bits per heavy atom. The molecule has 0 saturated carbocycles. The fraction of sp³-hybridized carbons (Fsp3) is 0.227. The van der Waals surface area contributed by atoms with Crippen LogP contribution in [0.2, 0.25) is 0 Å². The van der Waals surface area contributed by atoms with Crippen molar-refractivity contribution in [3.05, 3.63) is 76.2 Å². The van der Waals surface area contributed by atoms with Crippen molar-refractivity contribution >= 4 is 11.6 Å². The zero-order valence-electron chi connectivity index (χ0n) is 16.4. The van der Waals surface area contributed by atoms with E-state index in [2.05, 4.69) is 15.5 Å². The van der Waals surface area contributed by atoms with Gasteiger partial charge in [0.15, 0.2) is 0 Å². The molecule has 0 bridgehead atoms. The third-order valence-electron chi connectivity index (χ3n) is 4.42. The quantitative estimate of drug-likeness (QED) is 0.720. The Labute approximate surface area is 163 Å². The van der Waals surface area contributed by atoms with Gasteiger partial charge < -0.3 is 10.1 Å². The van der Waals surface area contributed by atoms with Gasteiger partial charge in [0.1, 0.15) is 5.75 Å². The number of nitrogens with one attached hydrogen (secondary N) is 2. The predicted molar refractivity (Wildman–Crippen MR) is 110 cm³/mol. The fourth-order valence-corrected chi connectivity index (χ4v) is 3.01. The van der Waals surface area contributed by atoms with Crippen molar-refractivity contribution in [2.45, 2.75) is 26.2 Å². The third kappa shape index (κ3) is 3.96. The first-order valence-electron chi connectivity index (χ1n) is 8.94. The molecule has 1 amide bonds. The SMILES string of the molecule is COc1c(NC(=O)c2ccccc2)cc(-c2ccn[nH]c2=O)cc1C(C)(C)C. The molecule has 1 aromatic heterocycles. The number of nitrogens with zero attached hydrogens (tertiary/aromatic N) is 1. The molecule has 2 N–H and O–H groups in total. The van der Waals surface area contributed by atoms with E-state index < -0.39 is 0 Å². The summed E-state index contributed by atoms with van der Waals surface area (Å²) in [6, 6.07) is 14.3. The summed E-state index contributed by atoms with van der Waals surface area (Å²) in [5.74, 6) is 0.325. The van der Waals surface area contributed by atoms with Crippen LogP contribution in [0.15, 0.2) is 59.5 Å². The second-order valence-corrected chi connectivity index (χ2v) is 7.47. The van der Waals surface area contributed by atoms with Gasteiger partial charge in [-0.15, -0.1) is 0 Å². The number of anilines is 1. The normalized spacial score (nSPS) is 11.1. The highest BCUT2D eigenvalue weighted by Gasteiger charge is 2.24. The number of benzene rings is 2. The lowest BCUT2D eigenvalue weighted by Crippen LogP contribution is -2.18. The highest BCUT2D eigenvalue weighted by Crippen LogP contribution is 2.40. The minimum absolute atomic E-state index is 0.250. The van der Waals surface area contributed by atoms with Gasteiger partial charge in [0, 0.05) is 17.3 Å². The smallest absolute Gasteiger partial charge is 0.272 e. The number of H-pyrrole nitrogens is 1. The van der Waals surface area contributed by atoms with Crippen LogP contribution in [0.25, 0.3) is 11.1 Å². The van der Waals surface area contributed by atoms with Crippen LogP contribution in [0.5, 0.6) is 5.75 Å². The Bertz CT molecular complexity index is 1050. The monoisotopic (exact) mass is 377 g/mol. The van der Waals surface area contributed by atoms with Crippen LogP contribution >= 0.6 is 0 Å². The van der Waals surface area contributed by atoms with Gasteiger partial charge in [0.25, 0.3) is 11.5 Å². The van der Waals surface area contributed by atoms with Crippen molar-refractivity contribution in [1.29, 1.82) is 0 Å². The van der Waals surface area contributed by atoms with Crippen LogP contribution < -0.4 is 15.6 Å². The summed E-state index contributed by atoms with van der Waals surface area (Å²) in [5, 5.41) is 9.13. The van der Waals surface area contributed by atoms with Gasteiger partial charge in [-0.3, -0.25) is 9.59 Å². The van der Waals surface area contributed by atoms with Crippen molar-refractivity contribution in [3.8, 4) is 16.9 Å². The molecule has 0 aliphatic rings. The van der Waals surface area contributed by atoms with E-state index >= 15 is 0 Å². The molecule has 28 heavy (non-hydrogen) atoms. The van der Waals surface area contributed by atoms with Gasteiger partial charge in [0.2, 0.25) is 0 Å². The summed E-state index contributed by atoms with van der Waals surface area (Å²) < 4.78 is 5.65. The maximum Gasteiger partial charge on any atom is 0.272 e. The van der Waals surface area contributed by atoms with E-state index in [4.69, 9.17) is 4.74 Å². The minimum Gasteiger partial charge on any atom is -0.494 e. The van der Waals surface area contributed by atoms with Gasteiger partial charge in [-0.25, -0.2) is 5.10 Å². The number of amides is 1. The van der Waals surface area contributed by atoms with E-state index in [1.54, 1.807) is 43.5 Å². The summed E-state index contributed by atoms with van der Waals surface area (Å²) in [7, 11) is 1.57. The van der Waals surface area contributed by atoms with Gasteiger partial charge >= 0.3 is 0 Å². The van der Waals surface area contributed by atoms with Crippen molar-refractivity contribution in [2.24, 2.45) is 0 Å². The van der Waals surface area contributed by atoms with E-state index in [0.717, 1.165) is 5.56 Å². The number of hydrogen-bond donors (Lipinski definition) is 2. The molecule has 0 aliphatic heterocycles. The second kappa shape index (κ2) is 7.68. The van der Waals surface area contributed by atoms with E-state index in [-0.39, 0.29) is 16.9 Å². The first-order chi connectivity index (χ1) is 13.3. The molecule has 0 unspecified atom stereocenters. The minimum atomic E-state index is -0.298. The van der Waals surface area contributed by atoms with E-state index in [0.29, 0.717) is 28.1 Å². The Balaban J connectivity index is 2.17. The lowest BCUT2D eigenvalue weighted by molar-refractivity contribution is 0.102. The van der Waals surface area contributed by atoms with Crippen LogP contribution in [0.3, 0.4) is 0 Å². The molecule has 0 radical (unpaired) electrons. The summed E-state index contributed by atoms with van der Waals surface area (Å²) in [4.78, 5) is 25.0. The van der Waals surface area contributed by atoms with Gasteiger partial charge in [-0.2, -0.15) is 5.10 Å². The average Bonchev–Trinajstić information content (AvgIpc) is 2.67. The molecule has 6 heteroatoms. The molecule has 0 saturated heterocycles. The topological polar surface area (TPSA) is 84.1 Å². The molecule has 0 fully saturated rings. The number of aromatic amines is 1. The van der Waals surface area contributed by atoms with Gasteiger partial charge in [-0.1, -0.05) is 39.0 Å². The zero-order chi connectivity index (χ0) is 20.3. The number of methoxy groups -OCH3 is 1. The number of carbonyl (C=O) groups is 1. The van der Waals surface area contributed by atoms with E-state index in [9.17, 15) is 9.59 Å². The van der Waals surface area contributed by atoms with E-state index in [1.165, 1.54) is 6.20 Å². The fourth-order valence-electron chi connectivity index (χ4n) is 3.01. The Hall–Kier alpha value is -3.41. The largest absolute Gasteiger partial charge is 0.494 e. The van der Waals surface area contributed by atoms with Crippen molar-refractivity contribution in [3.63, 3.8) is 0 Å². The van der Waals surface area contributed by atoms with Crippen LogP contribution in [0, 0.1) is 0 Å². The second-order valence-electron chi connectivity index (χ2n) is 7.47. The standard InChI is InChI=1S/C22H23N3O3/c1-22(2,3)17-12-15(16-10-11-23-25-21(16)27)13-18(19(17)28-4)24-20(26)14-8-6-5-7-9-14/h5-13H,1-4H3,(H,24,26)(H,25,27). The van der Waals surface area contributed by atoms with E-state index in [1.807, 2.05) is 32.9 Å². The molecule has 6 nitrogen and oxygen atoms in total. The van der Waals surface area contributed by atoms with Crippen LogP contribution in [-0.2, 0) is 5.41 Å². The lowest BCUT2D eigenvalue weighted by Gasteiger charge is -2.25. The van der Waals surface area contributed by atoms with Crippen LogP contribution in [0.4, 0.5) is 5.69 Å². The first-order valence-corrected chi connectivity index (χ1v) is 8.94. The van der Waals surface area contributed by atoms with Crippen molar-refractivity contribution in [1.82, 2.24) is 10.2 Å². The number of carbonyl (C=O) groups excluding carboxylic acids is 1. The summed E-state index contributed by atoms with van der Waals surface area (Å²) in [6.07, 6.45) is 1.53. The molecule has 0 aliphatic carbocycles. The molecule has 1 heterocycles. The molecule has 144 valence electrons. The van der Waals surface area contributed by atoms with Crippen LogP contribution in [0.1, 0.15) is 36.7 Å². The molecule has 0 atom stereocenters. The third-order valence-corrected chi connectivity index (χ3v) is 4.42. The average molecular weight is 377 g/mol. The molecule has 3 aromatic rings. The summed E-state index contributed by atoms with van der Waals surface area (Å²) in [6.45, 7) is 6.15. The Kier molecular flexibility index (Phi) is 5.31. The van der Waals surface area contributed by atoms with Gasteiger partial charge in [-0.05, 0) is 41.3 Å². The summed E-state index contributed by atoms with van der Waals surface area (Å²) >= 11 is 0. The lowest BCUT2D eigenvalue weighted by atomic mass is 9.84. The zero-order valence-corrected chi connectivity index (χ0v) is 16.4. The molecule has 0 spiro atoms. The maximum absolute atomic E-state index is 12.7. The number of rotatable bonds is 4. The number of ether oxygens (including phenoxy) is 1. The Morgan fingerprint density at radius 2 is 1.82 bits per heavy atom. The predicted octanol–water partition coefficient (Wildman–Crippen LogP) is 4.00. The maximum atomic E-state index is 12.7. The Morgan fingerprint density at radius 1 is 1.11 bits per heavy atom. The van der Waals surface area contributed by atoms with Crippen LogP contribution in [-0.4, -0.2) is 23.2 Å². The molecular weight excluding hydrogens is 354 g/mol. The highest BCUT2D eigenvalue weighted by atomic mass is 16.5. The van der Waals surface area contributed by atoms with Crippen molar-refractivity contribution in [2.75, 3.05) is 12.4 Å². The molecular formula is C22H23N3O3. The highest BCUT2D eigenvalue weighted by molar-refractivity contribution is 6.05. The summed E-state index contributed by atoms with van der Waals surface area (Å²) in [5.41, 5.74) is 2.51. The van der Waals surface area contributed by atoms with Gasteiger partial charge in [0.05, 0.1) is 18.4 Å². The number of aromatic nitrogens is 2.